The molecule has 0 radical (unpaired) electrons. The summed E-state index contributed by atoms with van der Waals surface area (Å²) in [4.78, 5) is 8.84. The first-order chi connectivity index (χ1) is 8.30. The van der Waals surface area contributed by atoms with Crippen molar-refractivity contribution in [3.8, 4) is 0 Å². The maximum absolute atomic E-state index is 6.03. The van der Waals surface area contributed by atoms with Gasteiger partial charge in [-0.05, 0) is 29.9 Å². The van der Waals surface area contributed by atoms with Crippen molar-refractivity contribution in [1.29, 1.82) is 0 Å². The van der Waals surface area contributed by atoms with Gasteiger partial charge in [-0.25, -0.2) is 9.97 Å². The maximum Gasteiger partial charge on any atom is 0.202 e. The van der Waals surface area contributed by atoms with E-state index in [2.05, 4.69) is 37.7 Å². The Morgan fingerprint density at radius 3 is 2.67 bits per heavy atom. The van der Waals surface area contributed by atoms with E-state index in [0.717, 1.165) is 23.3 Å². The van der Waals surface area contributed by atoms with Gasteiger partial charge < -0.3 is 5.73 Å². The van der Waals surface area contributed by atoms with Gasteiger partial charge in [0.2, 0.25) is 5.95 Å². The van der Waals surface area contributed by atoms with Crippen molar-refractivity contribution in [3.63, 3.8) is 0 Å². The summed E-state index contributed by atoms with van der Waals surface area (Å²) in [6, 6.07) is 1.96. The van der Waals surface area contributed by atoms with Crippen LogP contribution in [-0.2, 0) is 6.54 Å². The smallest absolute Gasteiger partial charge is 0.202 e. The van der Waals surface area contributed by atoms with Gasteiger partial charge in [0, 0.05) is 12.7 Å². The number of hydrogen-bond donors (Lipinski definition) is 1. The number of pyridine rings is 1. The lowest BCUT2D eigenvalue weighted by molar-refractivity contribution is 0.235. The lowest BCUT2D eigenvalue weighted by atomic mass is 9.82. The van der Waals surface area contributed by atoms with Gasteiger partial charge in [0.25, 0.3) is 0 Å². The second-order valence-corrected chi connectivity index (χ2v) is 6.15. The lowest BCUT2D eigenvalue weighted by Crippen LogP contribution is -2.23. The minimum atomic E-state index is 0.243. The number of aryl methyl sites for hydroxylation is 1. The highest BCUT2D eigenvalue weighted by Gasteiger charge is 2.22. The summed E-state index contributed by atoms with van der Waals surface area (Å²) in [7, 11) is 0. The number of rotatable bonds is 2. The molecule has 2 aromatic rings. The first-order valence-electron chi connectivity index (χ1n) is 6.38. The van der Waals surface area contributed by atoms with Crippen LogP contribution in [0.5, 0.6) is 0 Å². The van der Waals surface area contributed by atoms with E-state index < -0.39 is 0 Å². The first-order valence-corrected chi connectivity index (χ1v) is 6.38. The molecule has 1 atom stereocenters. The van der Waals surface area contributed by atoms with Crippen LogP contribution in [0.25, 0.3) is 11.2 Å². The predicted octanol–water partition coefficient (Wildman–Crippen LogP) is 3.00. The third-order valence-corrected chi connectivity index (χ3v) is 3.80. The molecule has 0 aliphatic carbocycles. The fourth-order valence-corrected chi connectivity index (χ4v) is 1.88. The molecule has 4 nitrogen and oxygen atoms in total. The van der Waals surface area contributed by atoms with Crippen LogP contribution in [0, 0.1) is 18.3 Å². The summed E-state index contributed by atoms with van der Waals surface area (Å²) in [6.45, 7) is 11.8. The Hall–Kier alpha value is -1.58. The summed E-state index contributed by atoms with van der Waals surface area (Å²) in [6.07, 6.45) is 1.82. The molecule has 2 aromatic heterocycles. The summed E-state index contributed by atoms with van der Waals surface area (Å²) >= 11 is 0. The van der Waals surface area contributed by atoms with E-state index in [1.165, 1.54) is 0 Å². The van der Waals surface area contributed by atoms with Crippen molar-refractivity contribution in [2.24, 2.45) is 11.3 Å². The molecule has 18 heavy (non-hydrogen) atoms. The average Bonchev–Trinajstić information content (AvgIpc) is 2.57. The maximum atomic E-state index is 6.03. The normalized spacial score (nSPS) is 14.1. The van der Waals surface area contributed by atoms with Crippen molar-refractivity contribution in [3.05, 3.63) is 17.8 Å². The topological polar surface area (TPSA) is 56.7 Å². The molecule has 98 valence electrons. The zero-order chi connectivity index (χ0) is 13.5. The SMILES string of the molecule is Cc1ccnc2c1nc(N)n2CC(C)C(C)(C)C. The van der Waals surface area contributed by atoms with Gasteiger partial charge in [-0.3, -0.25) is 4.57 Å². The monoisotopic (exact) mass is 246 g/mol. The zero-order valence-electron chi connectivity index (χ0n) is 11.9. The largest absolute Gasteiger partial charge is 0.369 e. The van der Waals surface area contributed by atoms with Crippen LogP contribution in [0.15, 0.2) is 12.3 Å². The van der Waals surface area contributed by atoms with E-state index in [1.54, 1.807) is 0 Å². The van der Waals surface area contributed by atoms with Crippen molar-refractivity contribution in [1.82, 2.24) is 14.5 Å². The molecule has 1 unspecified atom stereocenters. The summed E-state index contributed by atoms with van der Waals surface area (Å²) < 4.78 is 2.03. The number of anilines is 1. The summed E-state index contributed by atoms with van der Waals surface area (Å²) in [5, 5.41) is 0. The molecule has 2 heterocycles. The third-order valence-electron chi connectivity index (χ3n) is 3.80. The average molecular weight is 246 g/mol. The number of nitrogens with zero attached hydrogens (tertiary/aromatic N) is 3. The number of nitrogen functional groups attached to an aromatic ring is 1. The third kappa shape index (κ3) is 2.19. The molecule has 4 heteroatoms. The van der Waals surface area contributed by atoms with Crippen molar-refractivity contribution < 1.29 is 0 Å². The molecule has 0 fully saturated rings. The van der Waals surface area contributed by atoms with Crippen molar-refractivity contribution in [2.45, 2.75) is 41.2 Å². The van der Waals surface area contributed by atoms with Crippen LogP contribution in [0.4, 0.5) is 5.95 Å². The second-order valence-electron chi connectivity index (χ2n) is 6.15. The van der Waals surface area contributed by atoms with Crippen LogP contribution >= 0.6 is 0 Å². The van der Waals surface area contributed by atoms with E-state index in [9.17, 15) is 0 Å². The van der Waals surface area contributed by atoms with E-state index >= 15 is 0 Å². The zero-order valence-corrected chi connectivity index (χ0v) is 11.9. The number of hydrogen-bond acceptors (Lipinski definition) is 3. The minimum absolute atomic E-state index is 0.243. The van der Waals surface area contributed by atoms with Crippen molar-refractivity contribution >= 4 is 17.1 Å². The van der Waals surface area contributed by atoms with Crippen LogP contribution in [-0.4, -0.2) is 14.5 Å². The van der Waals surface area contributed by atoms with Gasteiger partial charge in [0.1, 0.15) is 5.52 Å². The quantitative estimate of drug-likeness (QED) is 0.886. The molecule has 2 rings (SSSR count). The Morgan fingerprint density at radius 1 is 1.39 bits per heavy atom. The van der Waals surface area contributed by atoms with Gasteiger partial charge in [-0.15, -0.1) is 0 Å². The Balaban J connectivity index is 2.46. The molecule has 0 spiro atoms. The Kier molecular flexibility index (Phi) is 3.05. The number of fused-ring (bicyclic) bond motifs is 1. The van der Waals surface area contributed by atoms with Crippen LogP contribution in [0.3, 0.4) is 0 Å². The van der Waals surface area contributed by atoms with E-state index in [0.29, 0.717) is 11.9 Å². The first kappa shape index (κ1) is 12.9. The molecule has 0 amide bonds. The molecular formula is C14H22N4. The molecule has 0 saturated heterocycles. The molecule has 0 aliphatic rings. The molecule has 0 saturated carbocycles. The minimum Gasteiger partial charge on any atom is -0.369 e. The van der Waals surface area contributed by atoms with E-state index in [1.807, 2.05) is 23.8 Å². The highest BCUT2D eigenvalue weighted by atomic mass is 15.2. The van der Waals surface area contributed by atoms with Crippen LogP contribution in [0.1, 0.15) is 33.3 Å². The Morgan fingerprint density at radius 2 is 2.06 bits per heavy atom. The van der Waals surface area contributed by atoms with Gasteiger partial charge in [0.15, 0.2) is 5.65 Å². The Bertz CT molecular complexity index is 563. The summed E-state index contributed by atoms with van der Waals surface area (Å²) in [5.41, 5.74) is 9.19. The fourth-order valence-electron chi connectivity index (χ4n) is 1.88. The standard InChI is InChI=1S/C14H22N4/c1-9-6-7-16-12-11(9)17-13(15)18(12)8-10(2)14(3,4)5/h6-7,10H,8H2,1-5H3,(H2,15,17). The van der Waals surface area contributed by atoms with Gasteiger partial charge >= 0.3 is 0 Å². The predicted molar refractivity (Wildman–Crippen MR) is 75.3 cm³/mol. The second kappa shape index (κ2) is 4.26. The highest BCUT2D eigenvalue weighted by molar-refractivity contribution is 5.77. The summed E-state index contributed by atoms with van der Waals surface area (Å²) in [5.74, 6) is 1.06. The van der Waals surface area contributed by atoms with E-state index in [4.69, 9.17) is 5.73 Å². The van der Waals surface area contributed by atoms with E-state index in [-0.39, 0.29) is 5.41 Å². The van der Waals surface area contributed by atoms with Gasteiger partial charge in [-0.2, -0.15) is 0 Å². The molecule has 0 aliphatic heterocycles. The number of imidazole rings is 1. The van der Waals surface area contributed by atoms with Gasteiger partial charge in [-0.1, -0.05) is 27.7 Å². The lowest BCUT2D eigenvalue weighted by Gasteiger charge is -2.27. The highest BCUT2D eigenvalue weighted by Crippen LogP contribution is 2.29. The Labute approximate surface area is 108 Å². The van der Waals surface area contributed by atoms with Crippen LogP contribution < -0.4 is 5.73 Å². The van der Waals surface area contributed by atoms with Crippen molar-refractivity contribution in [2.75, 3.05) is 5.73 Å². The molecule has 0 aromatic carbocycles. The fraction of sp³-hybridized carbons (Fsp3) is 0.571. The molecule has 2 N–H and O–H groups in total. The molecule has 0 bridgehead atoms. The molecular weight excluding hydrogens is 224 g/mol. The van der Waals surface area contributed by atoms with Gasteiger partial charge in [0.05, 0.1) is 0 Å². The number of aromatic nitrogens is 3. The number of nitrogens with two attached hydrogens (primary N) is 1. The van der Waals surface area contributed by atoms with Crippen LogP contribution in [0.2, 0.25) is 0 Å².